The Balaban J connectivity index is 1.37. The topological polar surface area (TPSA) is 84.1 Å². The number of aromatic nitrogens is 2. The van der Waals surface area contributed by atoms with Crippen LogP contribution in [0.5, 0.6) is 5.75 Å². The van der Waals surface area contributed by atoms with Gasteiger partial charge in [0, 0.05) is 16.1 Å². The minimum absolute atomic E-state index is 0.0216. The summed E-state index contributed by atoms with van der Waals surface area (Å²) >= 11 is 2.89. The lowest BCUT2D eigenvalue weighted by Gasteiger charge is -2.12. The highest BCUT2D eigenvalue weighted by Crippen LogP contribution is 2.34. The minimum atomic E-state index is -2.93. The Kier molecular flexibility index (Phi) is 6.05. The van der Waals surface area contributed by atoms with E-state index in [4.69, 9.17) is 0 Å². The highest BCUT2D eigenvalue weighted by Gasteiger charge is 2.21. The Morgan fingerprint density at radius 3 is 3.03 bits per heavy atom. The third-order valence-electron chi connectivity index (χ3n) is 4.87. The highest BCUT2D eigenvalue weighted by molar-refractivity contribution is 7.99. The lowest BCUT2D eigenvalue weighted by molar-refractivity contribution is -0.113. The summed E-state index contributed by atoms with van der Waals surface area (Å²) in [6, 6.07) is 4.58. The fourth-order valence-electron chi connectivity index (χ4n) is 3.52. The van der Waals surface area contributed by atoms with Crippen molar-refractivity contribution in [1.82, 2.24) is 9.97 Å². The number of amides is 1. The average molecular weight is 452 g/mol. The number of ether oxygens (including phenoxy) is 1. The summed E-state index contributed by atoms with van der Waals surface area (Å²) in [7, 11) is 0. The van der Waals surface area contributed by atoms with Gasteiger partial charge in [-0.2, -0.15) is 8.78 Å². The van der Waals surface area contributed by atoms with Gasteiger partial charge in [-0.15, -0.1) is 23.1 Å². The van der Waals surface area contributed by atoms with Gasteiger partial charge in [0.1, 0.15) is 16.4 Å². The summed E-state index contributed by atoms with van der Waals surface area (Å²) in [5, 5.41) is 3.41. The van der Waals surface area contributed by atoms with E-state index < -0.39 is 6.61 Å². The van der Waals surface area contributed by atoms with Gasteiger partial charge >= 0.3 is 6.61 Å². The van der Waals surface area contributed by atoms with Crippen LogP contribution in [0.4, 0.5) is 14.5 Å². The summed E-state index contributed by atoms with van der Waals surface area (Å²) in [5.41, 5.74) is 1.86. The fourth-order valence-corrected chi connectivity index (χ4v) is 5.49. The van der Waals surface area contributed by atoms with Crippen LogP contribution in [0.15, 0.2) is 23.0 Å². The molecule has 1 amide bonds. The molecule has 0 saturated heterocycles. The quantitative estimate of drug-likeness (QED) is 0.561. The molecule has 158 valence electrons. The summed E-state index contributed by atoms with van der Waals surface area (Å²) in [4.78, 5) is 34.1. The van der Waals surface area contributed by atoms with Gasteiger partial charge in [0.25, 0.3) is 5.56 Å². The van der Waals surface area contributed by atoms with Crippen LogP contribution in [0.2, 0.25) is 0 Å². The van der Waals surface area contributed by atoms with Gasteiger partial charge in [0.15, 0.2) is 0 Å². The molecule has 10 heteroatoms. The van der Waals surface area contributed by atoms with Crippen molar-refractivity contribution in [3.63, 3.8) is 0 Å². The number of nitrogens with zero attached hydrogens (tertiary/aromatic N) is 1. The van der Waals surface area contributed by atoms with Gasteiger partial charge in [-0.1, -0.05) is 6.07 Å². The third kappa shape index (κ3) is 4.34. The van der Waals surface area contributed by atoms with E-state index in [1.165, 1.54) is 28.8 Å². The van der Waals surface area contributed by atoms with Crippen LogP contribution in [0.3, 0.4) is 0 Å². The van der Waals surface area contributed by atoms with Crippen molar-refractivity contribution in [2.75, 3.05) is 11.1 Å². The predicted octanol–water partition coefficient (Wildman–Crippen LogP) is 4.26. The maximum absolute atomic E-state index is 12.5. The van der Waals surface area contributed by atoms with Crippen molar-refractivity contribution in [2.45, 2.75) is 38.6 Å². The number of alkyl halides is 2. The van der Waals surface area contributed by atoms with Crippen molar-refractivity contribution in [3.8, 4) is 5.75 Å². The van der Waals surface area contributed by atoms with E-state index in [1.54, 1.807) is 24.3 Å². The Morgan fingerprint density at radius 2 is 2.23 bits per heavy atom. The smallest absolute Gasteiger partial charge is 0.387 e. The number of carbonyl (C=O) groups excluding carboxylic acids is 1. The lowest BCUT2D eigenvalue weighted by atomic mass is 10.2. The normalized spacial score (nSPS) is 13.1. The number of anilines is 1. The first-order valence-corrected chi connectivity index (χ1v) is 11.3. The van der Waals surface area contributed by atoms with Crippen molar-refractivity contribution in [3.05, 3.63) is 50.4 Å². The molecule has 1 aromatic carbocycles. The molecule has 2 aromatic heterocycles. The molecule has 1 aliphatic rings. The van der Waals surface area contributed by atoms with Crippen molar-refractivity contribution >= 4 is 44.9 Å². The molecular weight excluding hydrogens is 432 g/mol. The van der Waals surface area contributed by atoms with E-state index in [1.807, 2.05) is 0 Å². The SMILES string of the molecule is Cc1c(NC(=O)CSCc2nc3sc4c(c3c(=O)[nH]2)CCC4)cccc1OC(F)F. The Bertz CT molecular complexity index is 1160. The number of carbonyl (C=O) groups is 1. The molecule has 0 radical (unpaired) electrons. The van der Waals surface area contributed by atoms with Gasteiger partial charge in [0.05, 0.1) is 16.9 Å². The second-order valence-corrected chi connectivity index (χ2v) is 8.97. The Morgan fingerprint density at radius 1 is 1.40 bits per heavy atom. The number of benzene rings is 1. The second kappa shape index (κ2) is 8.73. The minimum Gasteiger partial charge on any atom is -0.434 e. The van der Waals surface area contributed by atoms with Gasteiger partial charge < -0.3 is 15.0 Å². The summed E-state index contributed by atoms with van der Waals surface area (Å²) in [6.07, 6.45) is 3.01. The van der Waals surface area contributed by atoms with E-state index in [-0.39, 0.29) is 23.0 Å². The summed E-state index contributed by atoms with van der Waals surface area (Å²) in [6.45, 7) is -1.33. The number of hydrogen-bond donors (Lipinski definition) is 2. The largest absolute Gasteiger partial charge is 0.434 e. The number of aromatic amines is 1. The predicted molar refractivity (Wildman–Crippen MR) is 115 cm³/mol. The third-order valence-corrected chi connectivity index (χ3v) is 7.00. The number of thioether (sulfide) groups is 1. The monoisotopic (exact) mass is 451 g/mol. The number of fused-ring (bicyclic) bond motifs is 3. The highest BCUT2D eigenvalue weighted by atomic mass is 32.2. The van der Waals surface area contributed by atoms with E-state index in [0.29, 0.717) is 28.2 Å². The molecule has 2 N–H and O–H groups in total. The zero-order chi connectivity index (χ0) is 21.3. The van der Waals surface area contributed by atoms with E-state index in [0.717, 1.165) is 29.7 Å². The van der Waals surface area contributed by atoms with Crippen molar-refractivity contribution < 1.29 is 18.3 Å². The lowest BCUT2D eigenvalue weighted by Crippen LogP contribution is -2.16. The van der Waals surface area contributed by atoms with Crippen LogP contribution in [0.25, 0.3) is 10.2 Å². The first-order chi connectivity index (χ1) is 14.4. The van der Waals surface area contributed by atoms with Gasteiger partial charge in [-0.05, 0) is 43.9 Å². The summed E-state index contributed by atoms with van der Waals surface area (Å²) < 4.78 is 29.3. The molecule has 1 aliphatic carbocycles. The molecule has 4 rings (SSSR count). The molecule has 0 spiro atoms. The number of nitrogens with one attached hydrogen (secondary N) is 2. The van der Waals surface area contributed by atoms with E-state index >= 15 is 0 Å². The molecule has 0 aliphatic heterocycles. The first kappa shape index (κ1) is 20.8. The van der Waals surface area contributed by atoms with Crippen LogP contribution in [-0.4, -0.2) is 28.2 Å². The molecular formula is C20H19F2N3O3S2. The van der Waals surface area contributed by atoms with Gasteiger partial charge in [-0.25, -0.2) is 4.98 Å². The molecule has 0 bridgehead atoms. The number of halogens is 2. The average Bonchev–Trinajstić information content (AvgIpc) is 3.25. The number of rotatable bonds is 7. The first-order valence-electron chi connectivity index (χ1n) is 9.38. The zero-order valence-electron chi connectivity index (χ0n) is 16.1. The molecule has 3 aromatic rings. The molecule has 6 nitrogen and oxygen atoms in total. The van der Waals surface area contributed by atoms with Gasteiger partial charge in [-0.3, -0.25) is 9.59 Å². The number of hydrogen-bond acceptors (Lipinski definition) is 6. The second-order valence-electron chi connectivity index (χ2n) is 6.90. The standard InChI is InChI=1S/C20H19F2N3O3S2/c1-10-12(5-3-6-13(10)28-20(21)22)23-16(26)9-29-8-15-24-18(27)17-11-4-2-7-14(11)30-19(17)25-15/h3,5-6,20H,2,4,7-9H2,1H3,(H,23,26)(H,24,25,27). The number of thiophene rings is 1. The molecule has 0 atom stereocenters. The number of H-pyrrole nitrogens is 1. The van der Waals surface area contributed by atoms with E-state index in [2.05, 4.69) is 20.0 Å². The van der Waals surface area contributed by atoms with Crippen LogP contribution in [-0.2, 0) is 23.4 Å². The molecule has 0 unspecified atom stereocenters. The fraction of sp³-hybridized carbons (Fsp3) is 0.350. The van der Waals surface area contributed by atoms with Crippen LogP contribution >= 0.6 is 23.1 Å². The van der Waals surface area contributed by atoms with Crippen LogP contribution < -0.4 is 15.6 Å². The zero-order valence-corrected chi connectivity index (χ0v) is 17.7. The molecule has 30 heavy (non-hydrogen) atoms. The molecule has 0 fully saturated rings. The summed E-state index contributed by atoms with van der Waals surface area (Å²) in [5.74, 6) is 0.787. The maximum atomic E-state index is 12.5. The van der Waals surface area contributed by atoms with Gasteiger partial charge in [0.2, 0.25) is 5.91 Å². The van der Waals surface area contributed by atoms with Crippen molar-refractivity contribution in [2.24, 2.45) is 0 Å². The maximum Gasteiger partial charge on any atom is 0.387 e. The Hall–Kier alpha value is -2.46. The van der Waals surface area contributed by atoms with Crippen LogP contribution in [0, 0.1) is 6.92 Å². The number of aryl methyl sites for hydroxylation is 2. The molecule has 0 saturated carbocycles. The van der Waals surface area contributed by atoms with Crippen molar-refractivity contribution in [1.29, 1.82) is 0 Å². The Labute approximate surface area is 179 Å². The van der Waals surface area contributed by atoms with Crippen LogP contribution in [0.1, 0.15) is 28.2 Å². The van der Waals surface area contributed by atoms with E-state index in [9.17, 15) is 18.4 Å². The molecule has 2 heterocycles.